The summed E-state index contributed by atoms with van der Waals surface area (Å²) >= 11 is 5.97. The molecule has 72 valence electrons. The lowest BCUT2D eigenvalue weighted by atomic mass is 10.1. The zero-order chi connectivity index (χ0) is 10.0. The standard InChI is InChI=1S/C10H14ClNO/c1-7-4-8(2)10(11)5-9(7)6-12(3)13/h4-5,13H,6H2,1-3H3. The lowest BCUT2D eigenvalue weighted by Gasteiger charge is -2.12. The Morgan fingerprint density at radius 2 is 1.92 bits per heavy atom. The molecule has 0 spiro atoms. The molecule has 0 fully saturated rings. The summed E-state index contributed by atoms with van der Waals surface area (Å²) < 4.78 is 0. The first-order valence-corrected chi connectivity index (χ1v) is 4.54. The fraction of sp³-hybridized carbons (Fsp3) is 0.400. The third-order valence-electron chi connectivity index (χ3n) is 2.02. The van der Waals surface area contributed by atoms with Crippen LogP contribution in [0, 0.1) is 13.8 Å². The minimum absolute atomic E-state index is 0.506. The van der Waals surface area contributed by atoms with Gasteiger partial charge in [0.05, 0.1) is 0 Å². The molecule has 0 heterocycles. The van der Waals surface area contributed by atoms with Crippen molar-refractivity contribution in [3.63, 3.8) is 0 Å². The van der Waals surface area contributed by atoms with Gasteiger partial charge in [-0.05, 0) is 36.6 Å². The van der Waals surface area contributed by atoms with E-state index in [9.17, 15) is 0 Å². The molecule has 0 saturated heterocycles. The summed E-state index contributed by atoms with van der Waals surface area (Å²) in [6, 6.07) is 3.93. The summed E-state index contributed by atoms with van der Waals surface area (Å²) in [6.07, 6.45) is 0. The lowest BCUT2D eigenvalue weighted by molar-refractivity contribution is -0.0732. The molecule has 1 rings (SSSR count). The van der Waals surface area contributed by atoms with Gasteiger partial charge in [-0.2, -0.15) is 5.06 Å². The average Bonchev–Trinajstić information content (AvgIpc) is 1.99. The van der Waals surface area contributed by atoms with Gasteiger partial charge in [-0.1, -0.05) is 17.7 Å². The van der Waals surface area contributed by atoms with Crippen LogP contribution in [0.4, 0.5) is 0 Å². The molecule has 0 radical (unpaired) electrons. The second-order valence-corrected chi connectivity index (χ2v) is 3.75. The van der Waals surface area contributed by atoms with Gasteiger partial charge in [0.15, 0.2) is 0 Å². The molecule has 2 nitrogen and oxygen atoms in total. The number of halogens is 1. The zero-order valence-electron chi connectivity index (χ0n) is 8.13. The van der Waals surface area contributed by atoms with Crippen LogP contribution < -0.4 is 0 Å². The molecular weight excluding hydrogens is 186 g/mol. The SMILES string of the molecule is Cc1cc(C)c(CN(C)O)cc1Cl. The monoisotopic (exact) mass is 199 g/mol. The molecule has 0 aromatic heterocycles. The van der Waals surface area contributed by atoms with Crippen LogP contribution in [0.25, 0.3) is 0 Å². The topological polar surface area (TPSA) is 23.5 Å². The highest BCUT2D eigenvalue weighted by atomic mass is 35.5. The minimum atomic E-state index is 0.506. The van der Waals surface area contributed by atoms with Crippen molar-refractivity contribution in [2.75, 3.05) is 7.05 Å². The van der Waals surface area contributed by atoms with Gasteiger partial charge in [-0.3, -0.25) is 0 Å². The van der Waals surface area contributed by atoms with E-state index in [-0.39, 0.29) is 0 Å². The maximum atomic E-state index is 9.08. The number of hydrogen-bond acceptors (Lipinski definition) is 2. The Morgan fingerprint density at radius 3 is 2.46 bits per heavy atom. The van der Waals surface area contributed by atoms with Gasteiger partial charge in [0.25, 0.3) is 0 Å². The van der Waals surface area contributed by atoms with Gasteiger partial charge >= 0.3 is 0 Å². The fourth-order valence-corrected chi connectivity index (χ4v) is 1.47. The summed E-state index contributed by atoms with van der Waals surface area (Å²) in [4.78, 5) is 0. The summed E-state index contributed by atoms with van der Waals surface area (Å²) in [6.45, 7) is 4.50. The first-order chi connectivity index (χ1) is 6.00. The fourth-order valence-electron chi connectivity index (χ4n) is 1.28. The van der Waals surface area contributed by atoms with E-state index in [2.05, 4.69) is 0 Å². The molecule has 0 aliphatic heterocycles. The van der Waals surface area contributed by atoms with Gasteiger partial charge in [0.2, 0.25) is 0 Å². The Kier molecular flexibility index (Phi) is 3.31. The van der Waals surface area contributed by atoms with Crippen LogP contribution in [0.5, 0.6) is 0 Å². The third-order valence-corrected chi connectivity index (χ3v) is 2.42. The number of hydroxylamine groups is 2. The highest BCUT2D eigenvalue weighted by molar-refractivity contribution is 6.31. The molecule has 0 saturated carbocycles. The Bertz CT molecular complexity index is 310. The summed E-state index contributed by atoms with van der Waals surface area (Å²) in [5, 5.41) is 11.0. The predicted octanol–water partition coefficient (Wildman–Crippen LogP) is 2.78. The quantitative estimate of drug-likeness (QED) is 0.741. The molecule has 0 aliphatic carbocycles. The van der Waals surface area contributed by atoms with E-state index in [1.54, 1.807) is 7.05 Å². The van der Waals surface area contributed by atoms with Gasteiger partial charge in [0.1, 0.15) is 0 Å². The van der Waals surface area contributed by atoms with E-state index >= 15 is 0 Å². The first-order valence-electron chi connectivity index (χ1n) is 4.16. The predicted molar refractivity (Wildman–Crippen MR) is 54.2 cm³/mol. The molecule has 13 heavy (non-hydrogen) atoms. The van der Waals surface area contributed by atoms with Crippen molar-refractivity contribution >= 4 is 11.6 Å². The van der Waals surface area contributed by atoms with Crippen LogP contribution in [-0.2, 0) is 6.54 Å². The highest BCUT2D eigenvalue weighted by Crippen LogP contribution is 2.20. The number of aryl methyl sites for hydroxylation is 2. The summed E-state index contributed by atoms with van der Waals surface area (Å²) in [7, 11) is 1.62. The maximum Gasteiger partial charge on any atom is 0.0488 e. The molecule has 1 N–H and O–H groups in total. The summed E-state index contributed by atoms with van der Waals surface area (Å²) in [5.41, 5.74) is 3.28. The molecule has 0 unspecified atom stereocenters. The van der Waals surface area contributed by atoms with E-state index in [0.29, 0.717) is 6.54 Å². The molecular formula is C10H14ClNO. The van der Waals surface area contributed by atoms with E-state index in [1.165, 1.54) is 0 Å². The van der Waals surface area contributed by atoms with Gasteiger partial charge in [0, 0.05) is 18.6 Å². The number of nitrogens with zero attached hydrogens (tertiary/aromatic N) is 1. The number of hydrogen-bond donors (Lipinski definition) is 1. The van der Waals surface area contributed by atoms with Crippen LogP contribution in [0.2, 0.25) is 5.02 Å². The largest absolute Gasteiger partial charge is 0.314 e. The Labute approximate surface area is 83.7 Å². The van der Waals surface area contributed by atoms with Crippen LogP contribution in [-0.4, -0.2) is 17.3 Å². The lowest BCUT2D eigenvalue weighted by Crippen LogP contribution is -2.12. The van der Waals surface area contributed by atoms with Crippen LogP contribution in [0.1, 0.15) is 16.7 Å². The number of benzene rings is 1. The second-order valence-electron chi connectivity index (χ2n) is 3.34. The van der Waals surface area contributed by atoms with Crippen molar-refractivity contribution in [2.45, 2.75) is 20.4 Å². The molecule has 1 aromatic rings. The van der Waals surface area contributed by atoms with Crippen LogP contribution >= 0.6 is 11.6 Å². The normalized spacial score (nSPS) is 10.9. The number of rotatable bonds is 2. The third kappa shape index (κ3) is 2.69. The van der Waals surface area contributed by atoms with Gasteiger partial charge in [-0.25, -0.2) is 0 Å². The van der Waals surface area contributed by atoms with Crippen molar-refractivity contribution in [3.8, 4) is 0 Å². The molecule has 1 aromatic carbocycles. The average molecular weight is 200 g/mol. The molecule has 3 heteroatoms. The minimum Gasteiger partial charge on any atom is -0.314 e. The van der Waals surface area contributed by atoms with Crippen molar-refractivity contribution in [2.24, 2.45) is 0 Å². The maximum absolute atomic E-state index is 9.08. The van der Waals surface area contributed by atoms with E-state index in [4.69, 9.17) is 16.8 Å². The molecule has 0 bridgehead atoms. The first kappa shape index (κ1) is 10.5. The molecule has 0 aliphatic rings. The van der Waals surface area contributed by atoms with E-state index < -0.39 is 0 Å². The van der Waals surface area contributed by atoms with Crippen molar-refractivity contribution in [1.82, 2.24) is 5.06 Å². The Hall–Kier alpha value is -0.570. The smallest absolute Gasteiger partial charge is 0.0488 e. The zero-order valence-corrected chi connectivity index (χ0v) is 8.89. The highest BCUT2D eigenvalue weighted by Gasteiger charge is 2.04. The van der Waals surface area contributed by atoms with Crippen LogP contribution in [0.3, 0.4) is 0 Å². The van der Waals surface area contributed by atoms with E-state index in [0.717, 1.165) is 26.8 Å². The van der Waals surface area contributed by atoms with Crippen LogP contribution in [0.15, 0.2) is 12.1 Å². The van der Waals surface area contributed by atoms with Gasteiger partial charge < -0.3 is 5.21 Å². The van der Waals surface area contributed by atoms with E-state index in [1.807, 2.05) is 26.0 Å². The molecule has 0 atom stereocenters. The summed E-state index contributed by atoms with van der Waals surface area (Å²) in [5.74, 6) is 0. The Morgan fingerprint density at radius 1 is 1.31 bits per heavy atom. The van der Waals surface area contributed by atoms with Crippen molar-refractivity contribution < 1.29 is 5.21 Å². The van der Waals surface area contributed by atoms with Gasteiger partial charge in [-0.15, -0.1) is 0 Å². The second kappa shape index (κ2) is 4.09. The molecule has 0 amide bonds. The van der Waals surface area contributed by atoms with Crippen molar-refractivity contribution in [3.05, 3.63) is 33.8 Å². The van der Waals surface area contributed by atoms with Crippen molar-refractivity contribution in [1.29, 1.82) is 0 Å². The Balaban J connectivity index is 3.01.